The second-order valence-electron chi connectivity index (χ2n) is 20.7. The summed E-state index contributed by atoms with van der Waals surface area (Å²) in [6.45, 7) is 13.8. The van der Waals surface area contributed by atoms with Gasteiger partial charge < -0.3 is 14.2 Å². The molecule has 0 rings (SSSR count). The molecule has 0 fully saturated rings. The van der Waals surface area contributed by atoms with E-state index in [4.69, 9.17) is 14.2 Å². The van der Waals surface area contributed by atoms with Crippen LogP contribution in [0, 0.1) is 17.8 Å². The van der Waals surface area contributed by atoms with E-state index in [0.717, 1.165) is 75.5 Å². The minimum absolute atomic E-state index is 0.0648. The topological polar surface area (TPSA) is 78.9 Å². The predicted molar refractivity (Wildman–Crippen MR) is 275 cm³/mol. The van der Waals surface area contributed by atoms with Crippen molar-refractivity contribution in [3.05, 3.63) is 0 Å². The molecule has 0 radical (unpaired) electrons. The fourth-order valence-electron chi connectivity index (χ4n) is 8.73. The number of hydrogen-bond acceptors (Lipinski definition) is 6. The number of unbranched alkanes of at least 4 members (excludes halogenated alkanes) is 31. The lowest BCUT2D eigenvalue weighted by atomic mass is 9.99. The van der Waals surface area contributed by atoms with Crippen molar-refractivity contribution in [2.75, 3.05) is 13.2 Å². The normalized spacial score (nSPS) is 13.4. The van der Waals surface area contributed by atoms with Crippen LogP contribution in [-0.2, 0) is 28.6 Å². The molecule has 380 valence electrons. The first-order chi connectivity index (χ1) is 31.2. The maximum absolute atomic E-state index is 12.8. The molecule has 6 nitrogen and oxygen atoms in total. The number of hydrogen-bond donors (Lipinski definition) is 0. The lowest BCUT2D eigenvalue weighted by Gasteiger charge is -2.18. The highest BCUT2D eigenvalue weighted by atomic mass is 16.6. The predicted octanol–water partition coefficient (Wildman–Crippen LogP) is 18.7. The summed E-state index contributed by atoms with van der Waals surface area (Å²) in [5, 5.41) is 0. The van der Waals surface area contributed by atoms with E-state index in [1.165, 1.54) is 199 Å². The summed E-state index contributed by atoms with van der Waals surface area (Å²) >= 11 is 0. The van der Waals surface area contributed by atoms with Crippen LogP contribution >= 0.6 is 0 Å². The molecule has 3 unspecified atom stereocenters. The number of carbonyl (C=O) groups is 3. The van der Waals surface area contributed by atoms with E-state index in [2.05, 4.69) is 41.5 Å². The van der Waals surface area contributed by atoms with Gasteiger partial charge in [0, 0.05) is 19.3 Å². The fourth-order valence-corrected chi connectivity index (χ4v) is 8.73. The van der Waals surface area contributed by atoms with Gasteiger partial charge in [-0.3, -0.25) is 14.4 Å². The van der Waals surface area contributed by atoms with E-state index >= 15 is 0 Å². The summed E-state index contributed by atoms with van der Waals surface area (Å²) in [4.78, 5) is 38.0. The van der Waals surface area contributed by atoms with E-state index in [-0.39, 0.29) is 31.1 Å². The summed E-state index contributed by atoms with van der Waals surface area (Å²) in [6, 6.07) is 0. The molecule has 0 saturated heterocycles. The van der Waals surface area contributed by atoms with Crippen LogP contribution in [-0.4, -0.2) is 37.2 Å². The van der Waals surface area contributed by atoms with Crippen molar-refractivity contribution in [3.8, 4) is 0 Å². The highest BCUT2D eigenvalue weighted by Crippen LogP contribution is 2.19. The Hall–Kier alpha value is -1.59. The minimum atomic E-state index is -0.764. The Morgan fingerprint density at radius 1 is 0.297 bits per heavy atom. The van der Waals surface area contributed by atoms with Gasteiger partial charge in [0.15, 0.2) is 6.10 Å². The summed E-state index contributed by atoms with van der Waals surface area (Å²) in [5.41, 5.74) is 0. The third-order valence-electron chi connectivity index (χ3n) is 14.2. The quantitative estimate of drug-likeness (QED) is 0.0344. The number of ether oxygens (including phenoxy) is 3. The van der Waals surface area contributed by atoms with Gasteiger partial charge in [-0.15, -0.1) is 0 Å². The van der Waals surface area contributed by atoms with E-state index in [0.29, 0.717) is 19.3 Å². The summed E-state index contributed by atoms with van der Waals surface area (Å²) in [5.74, 6) is 1.74. The molecule has 0 aliphatic carbocycles. The number of rotatable bonds is 51. The molecule has 0 amide bonds. The molecule has 0 aromatic rings. The fraction of sp³-hybridized carbons (Fsp3) is 0.948. The lowest BCUT2D eigenvalue weighted by Crippen LogP contribution is -2.30. The molecule has 0 aliphatic heterocycles. The van der Waals surface area contributed by atoms with Crippen molar-refractivity contribution in [3.63, 3.8) is 0 Å². The molecule has 0 aromatic carbocycles. The van der Waals surface area contributed by atoms with E-state index in [1.54, 1.807) is 0 Å². The van der Waals surface area contributed by atoms with Crippen LogP contribution in [0.3, 0.4) is 0 Å². The molecule has 0 aliphatic rings. The highest BCUT2D eigenvalue weighted by molar-refractivity contribution is 5.71. The van der Waals surface area contributed by atoms with Gasteiger partial charge in [-0.1, -0.05) is 279 Å². The van der Waals surface area contributed by atoms with E-state index < -0.39 is 6.10 Å². The molecule has 0 heterocycles. The molecule has 6 heteroatoms. The number of esters is 3. The van der Waals surface area contributed by atoms with Crippen LogP contribution < -0.4 is 0 Å². The second-order valence-corrected chi connectivity index (χ2v) is 20.7. The van der Waals surface area contributed by atoms with Crippen LogP contribution in [0.4, 0.5) is 0 Å². The van der Waals surface area contributed by atoms with Gasteiger partial charge in [-0.05, 0) is 37.0 Å². The standard InChI is InChI=1S/C58H112O6/c1-7-52(4)44-38-32-26-22-18-16-14-12-10-11-13-15-17-19-25-29-37-43-49-58(61)64-55(51-63-57(60)48-42-36-31-30-34-40-46-54(6)9-3)50-62-56(59)47-41-35-28-24-21-20-23-27-33-39-45-53(5)8-2/h52-55H,7-51H2,1-6H3/t52?,53?,54?,55-/m0/s1. The molecule has 0 aromatic heterocycles. The summed E-state index contributed by atoms with van der Waals surface area (Å²) in [6.07, 6.45) is 50.9. The van der Waals surface area contributed by atoms with Crippen molar-refractivity contribution >= 4 is 17.9 Å². The zero-order valence-corrected chi connectivity index (χ0v) is 44.1. The molecule has 0 spiro atoms. The summed E-state index contributed by atoms with van der Waals surface area (Å²) < 4.78 is 16.9. The third-order valence-corrected chi connectivity index (χ3v) is 14.2. The smallest absolute Gasteiger partial charge is 0.306 e. The van der Waals surface area contributed by atoms with Crippen molar-refractivity contribution < 1.29 is 28.6 Å². The summed E-state index contributed by atoms with van der Waals surface area (Å²) in [7, 11) is 0. The second kappa shape index (κ2) is 49.3. The first-order valence-corrected chi connectivity index (χ1v) is 28.7. The Balaban J connectivity index is 4.23. The molecular weight excluding hydrogens is 793 g/mol. The van der Waals surface area contributed by atoms with Crippen LogP contribution in [0.1, 0.15) is 318 Å². The first kappa shape index (κ1) is 62.4. The average Bonchev–Trinajstić information content (AvgIpc) is 3.29. The van der Waals surface area contributed by atoms with Gasteiger partial charge in [-0.25, -0.2) is 0 Å². The molecule has 0 N–H and O–H groups in total. The maximum Gasteiger partial charge on any atom is 0.306 e. The molecule has 4 atom stereocenters. The maximum atomic E-state index is 12.8. The van der Waals surface area contributed by atoms with Crippen LogP contribution in [0.5, 0.6) is 0 Å². The Bertz CT molecular complexity index is 997. The van der Waals surface area contributed by atoms with Gasteiger partial charge in [-0.2, -0.15) is 0 Å². The van der Waals surface area contributed by atoms with Gasteiger partial charge in [0.25, 0.3) is 0 Å². The van der Waals surface area contributed by atoms with Crippen LogP contribution in [0.25, 0.3) is 0 Å². The zero-order chi connectivity index (χ0) is 47.0. The van der Waals surface area contributed by atoms with Gasteiger partial charge in [0.1, 0.15) is 13.2 Å². The minimum Gasteiger partial charge on any atom is -0.462 e. The van der Waals surface area contributed by atoms with Gasteiger partial charge >= 0.3 is 17.9 Å². The van der Waals surface area contributed by atoms with Crippen molar-refractivity contribution in [2.24, 2.45) is 17.8 Å². The number of carbonyl (C=O) groups excluding carboxylic acids is 3. The SMILES string of the molecule is CCC(C)CCCCCCCCCCCCCCCCCCCCC(=O)O[C@@H](COC(=O)CCCCCCCCCCCCC(C)CC)COC(=O)CCCCCCCCC(C)CC. The van der Waals surface area contributed by atoms with Crippen molar-refractivity contribution in [2.45, 2.75) is 324 Å². The van der Waals surface area contributed by atoms with Gasteiger partial charge in [0.2, 0.25) is 0 Å². The van der Waals surface area contributed by atoms with E-state index in [1.807, 2.05) is 0 Å². The monoisotopic (exact) mass is 905 g/mol. The highest BCUT2D eigenvalue weighted by Gasteiger charge is 2.19. The lowest BCUT2D eigenvalue weighted by molar-refractivity contribution is -0.167. The molecule has 0 bridgehead atoms. The Kier molecular flexibility index (Phi) is 48.1. The molecule has 0 saturated carbocycles. The third kappa shape index (κ3) is 46.9. The molecular formula is C58H112O6. The van der Waals surface area contributed by atoms with Crippen molar-refractivity contribution in [1.29, 1.82) is 0 Å². The molecule has 64 heavy (non-hydrogen) atoms. The van der Waals surface area contributed by atoms with E-state index in [9.17, 15) is 14.4 Å². The van der Waals surface area contributed by atoms with Gasteiger partial charge in [0.05, 0.1) is 0 Å². The average molecular weight is 906 g/mol. The zero-order valence-electron chi connectivity index (χ0n) is 44.1. The van der Waals surface area contributed by atoms with Crippen molar-refractivity contribution in [1.82, 2.24) is 0 Å². The largest absolute Gasteiger partial charge is 0.462 e. The Labute approximate surface area is 399 Å². The Morgan fingerprint density at radius 3 is 0.734 bits per heavy atom. The first-order valence-electron chi connectivity index (χ1n) is 28.7. The van der Waals surface area contributed by atoms with Crippen LogP contribution in [0.15, 0.2) is 0 Å². The van der Waals surface area contributed by atoms with Crippen LogP contribution in [0.2, 0.25) is 0 Å². The Morgan fingerprint density at radius 2 is 0.500 bits per heavy atom.